The molecular formula is C28H37F3N6O4. The topological polar surface area (TPSA) is 104 Å². The molecule has 0 unspecified atom stereocenters. The van der Waals surface area contributed by atoms with Crippen LogP contribution in [0.1, 0.15) is 52.0 Å². The van der Waals surface area contributed by atoms with Gasteiger partial charge in [0.05, 0.1) is 11.0 Å². The SMILES string of the molecule is CN(c1ccc([N+](=O)[O-])c(C(F)(F)F)c1)C1CCC(Oc2ccnc(N3CCN(C(=O)NC(C)(C)C)CC3)c2)CC1. The van der Waals surface area contributed by atoms with Crippen LogP contribution in [0.25, 0.3) is 0 Å². The van der Waals surface area contributed by atoms with E-state index in [1.807, 2.05) is 32.9 Å². The highest BCUT2D eigenvalue weighted by Gasteiger charge is 2.39. The number of aromatic nitrogens is 1. The number of ether oxygens (including phenoxy) is 1. The molecule has 2 heterocycles. The minimum absolute atomic E-state index is 0.0165. The molecular weight excluding hydrogens is 541 g/mol. The predicted molar refractivity (Wildman–Crippen MR) is 149 cm³/mol. The van der Waals surface area contributed by atoms with E-state index >= 15 is 0 Å². The lowest BCUT2D eigenvalue weighted by atomic mass is 9.91. The number of pyridine rings is 1. The molecule has 4 rings (SSSR count). The van der Waals surface area contributed by atoms with Crippen molar-refractivity contribution < 1.29 is 27.6 Å². The van der Waals surface area contributed by atoms with E-state index in [1.165, 1.54) is 6.07 Å². The van der Waals surface area contributed by atoms with Crippen molar-refractivity contribution in [1.82, 2.24) is 15.2 Å². The molecule has 0 atom stereocenters. The first kappa shape index (κ1) is 30.2. The highest BCUT2D eigenvalue weighted by molar-refractivity contribution is 5.75. The highest BCUT2D eigenvalue weighted by atomic mass is 19.4. The minimum Gasteiger partial charge on any atom is -0.490 e. The summed E-state index contributed by atoms with van der Waals surface area (Å²) in [5.74, 6) is 1.48. The molecule has 2 aliphatic rings. The van der Waals surface area contributed by atoms with E-state index in [1.54, 1.807) is 23.0 Å². The van der Waals surface area contributed by atoms with Crippen LogP contribution in [0.4, 0.5) is 35.2 Å². The first-order chi connectivity index (χ1) is 19.2. The predicted octanol–water partition coefficient (Wildman–Crippen LogP) is 5.47. The van der Waals surface area contributed by atoms with Crippen molar-refractivity contribution in [1.29, 1.82) is 0 Å². The number of nitro benzene ring substituents is 1. The molecule has 2 fully saturated rings. The van der Waals surface area contributed by atoms with Gasteiger partial charge in [-0.2, -0.15) is 13.2 Å². The summed E-state index contributed by atoms with van der Waals surface area (Å²) in [6.07, 6.45) is -0.319. The van der Waals surface area contributed by atoms with Crippen LogP contribution in [0.2, 0.25) is 0 Å². The third kappa shape index (κ3) is 7.70. The van der Waals surface area contributed by atoms with Gasteiger partial charge in [0.15, 0.2) is 0 Å². The van der Waals surface area contributed by atoms with Crippen molar-refractivity contribution >= 4 is 23.2 Å². The van der Waals surface area contributed by atoms with E-state index in [9.17, 15) is 28.1 Å². The summed E-state index contributed by atoms with van der Waals surface area (Å²) in [5, 5.41) is 14.1. The molecule has 1 aliphatic heterocycles. The van der Waals surface area contributed by atoms with E-state index in [0.717, 1.165) is 18.0 Å². The average molecular weight is 579 g/mol. The van der Waals surface area contributed by atoms with Gasteiger partial charge in [0, 0.05) is 68.8 Å². The van der Waals surface area contributed by atoms with Crippen LogP contribution in [0.5, 0.6) is 5.75 Å². The average Bonchev–Trinajstić information content (AvgIpc) is 2.91. The molecule has 1 N–H and O–H groups in total. The molecule has 2 amide bonds. The minimum atomic E-state index is -4.82. The number of benzene rings is 1. The number of nitrogens with zero attached hydrogens (tertiary/aromatic N) is 5. The van der Waals surface area contributed by atoms with Crippen LogP contribution >= 0.6 is 0 Å². The van der Waals surface area contributed by atoms with Crippen molar-refractivity contribution in [2.45, 2.75) is 70.3 Å². The van der Waals surface area contributed by atoms with E-state index in [4.69, 9.17) is 4.74 Å². The number of alkyl halides is 3. The lowest BCUT2D eigenvalue weighted by Crippen LogP contribution is -2.55. The third-order valence-electron chi connectivity index (χ3n) is 7.47. The van der Waals surface area contributed by atoms with Gasteiger partial charge in [-0.3, -0.25) is 10.1 Å². The number of nitro groups is 1. The quantitative estimate of drug-likeness (QED) is 0.358. The Morgan fingerprint density at radius 3 is 2.32 bits per heavy atom. The molecule has 41 heavy (non-hydrogen) atoms. The summed E-state index contributed by atoms with van der Waals surface area (Å²) in [7, 11) is 1.72. The monoisotopic (exact) mass is 578 g/mol. The number of carbonyl (C=O) groups excluding carboxylic acids is 1. The van der Waals surface area contributed by atoms with Crippen molar-refractivity contribution in [2.75, 3.05) is 43.0 Å². The highest BCUT2D eigenvalue weighted by Crippen LogP contribution is 2.39. The van der Waals surface area contributed by atoms with Gasteiger partial charge in [-0.1, -0.05) is 0 Å². The maximum Gasteiger partial charge on any atom is 0.423 e. The zero-order valence-electron chi connectivity index (χ0n) is 23.8. The molecule has 1 aromatic heterocycles. The Bertz CT molecular complexity index is 1240. The fraction of sp³-hybridized carbons (Fsp3) is 0.571. The Morgan fingerprint density at radius 1 is 1.07 bits per heavy atom. The van der Waals surface area contributed by atoms with Crippen LogP contribution in [0.15, 0.2) is 36.5 Å². The first-order valence-electron chi connectivity index (χ1n) is 13.7. The number of nitrogens with one attached hydrogen (secondary N) is 1. The van der Waals surface area contributed by atoms with Gasteiger partial charge >= 0.3 is 12.2 Å². The standard InChI is InChI=1S/C28H37F3N6O4/c1-27(2,3)33-26(38)36-15-13-35(14-16-36)25-18-22(11-12-32-25)41-21-8-5-19(6-9-21)34(4)20-7-10-24(37(39)40)23(17-20)28(29,30)31/h7,10-12,17-19,21H,5-6,8-9,13-16H2,1-4H3,(H,33,38). The lowest BCUT2D eigenvalue weighted by molar-refractivity contribution is -0.388. The van der Waals surface area contributed by atoms with Crippen molar-refractivity contribution in [3.63, 3.8) is 0 Å². The molecule has 224 valence electrons. The number of anilines is 2. The number of hydrogen-bond acceptors (Lipinski definition) is 7. The Labute approximate surface area is 237 Å². The molecule has 13 heteroatoms. The molecule has 0 spiro atoms. The van der Waals surface area contributed by atoms with Crippen LogP contribution in [-0.4, -0.2) is 71.7 Å². The first-order valence-corrected chi connectivity index (χ1v) is 13.7. The van der Waals surface area contributed by atoms with E-state index in [2.05, 4.69) is 15.2 Å². The maximum atomic E-state index is 13.4. The summed E-state index contributed by atoms with van der Waals surface area (Å²) < 4.78 is 46.6. The lowest BCUT2D eigenvalue weighted by Gasteiger charge is -2.37. The van der Waals surface area contributed by atoms with Crippen molar-refractivity contribution in [3.05, 3.63) is 52.2 Å². The van der Waals surface area contributed by atoms with Gasteiger partial charge in [0.25, 0.3) is 5.69 Å². The number of hydrogen-bond donors (Lipinski definition) is 1. The van der Waals surface area contributed by atoms with E-state index in [0.29, 0.717) is 63.3 Å². The number of rotatable bonds is 6. The van der Waals surface area contributed by atoms with Crippen LogP contribution < -0.4 is 19.9 Å². The summed E-state index contributed by atoms with van der Waals surface area (Å²) in [6.45, 7) is 8.35. The van der Waals surface area contributed by atoms with Crippen LogP contribution in [-0.2, 0) is 6.18 Å². The van der Waals surface area contributed by atoms with Gasteiger partial charge < -0.3 is 24.8 Å². The number of urea groups is 1. The van der Waals surface area contributed by atoms with Gasteiger partial charge in [-0.05, 0) is 64.7 Å². The second kappa shape index (κ2) is 12.0. The second-order valence-corrected chi connectivity index (χ2v) is 11.6. The van der Waals surface area contributed by atoms with Crippen molar-refractivity contribution in [2.24, 2.45) is 0 Å². The largest absolute Gasteiger partial charge is 0.490 e. The summed E-state index contributed by atoms with van der Waals surface area (Å²) in [5.41, 5.74) is -2.19. The Kier molecular flexibility index (Phi) is 8.83. The molecule has 0 radical (unpaired) electrons. The van der Waals surface area contributed by atoms with Crippen molar-refractivity contribution in [3.8, 4) is 5.75 Å². The Balaban J connectivity index is 1.31. The molecule has 10 nitrogen and oxygen atoms in total. The van der Waals surface area contributed by atoms with Gasteiger partial charge in [-0.25, -0.2) is 9.78 Å². The summed E-state index contributed by atoms with van der Waals surface area (Å²) in [6, 6.07) is 6.77. The number of halogens is 3. The fourth-order valence-corrected chi connectivity index (χ4v) is 5.27. The molecule has 1 saturated heterocycles. The van der Waals surface area contributed by atoms with E-state index in [-0.39, 0.29) is 23.7 Å². The number of amides is 2. The second-order valence-electron chi connectivity index (χ2n) is 11.6. The zero-order chi connectivity index (χ0) is 29.9. The Hall–Kier alpha value is -3.77. The molecule has 2 aromatic rings. The van der Waals surface area contributed by atoms with E-state index < -0.39 is 22.4 Å². The molecule has 1 aromatic carbocycles. The number of carbonyl (C=O) groups is 1. The van der Waals surface area contributed by atoms with Crippen LogP contribution in [0.3, 0.4) is 0 Å². The van der Waals surface area contributed by atoms with Gasteiger partial charge in [0.1, 0.15) is 17.1 Å². The number of piperazine rings is 1. The smallest absolute Gasteiger partial charge is 0.423 e. The summed E-state index contributed by atoms with van der Waals surface area (Å²) in [4.78, 5) is 32.7. The molecule has 0 bridgehead atoms. The Morgan fingerprint density at radius 2 is 1.73 bits per heavy atom. The van der Waals surface area contributed by atoms with Gasteiger partial charge in [-0.15, -0.1) is 0 Å². The van der Waals surface area contributed by atoms with Crippen LogP contribution in [0, 0.1) is 10.1 Å². The molecule has 1 saturated carbocycles. The zero-order valence-corrected chi connectivity index (χ0v) is 23.8. The third-order valence-corrected chi connectivity index (χ3v) is 7.47. The normalized spacial score (nSPS) is 20.0. The fourth-order valence-electron chi connectivity index (χ4n) is 5.27. The van der Waals surface area contributed by atoms with Gasteiger partial charge in [0.2, 0.25) is 0 Å². The maximum absolute atomic E-state index is 13.4. The summed E-state index contributed by atoms with van der Waals surface area (Å²) >= 11 is 0. The molecule has 1 aliphatic carbocycles.